The van der Waals surface area contributed by atoms with Crippen LogP contribution in [-0.4, -0.2) is 53.5 Å². The quantitative estimate of drug-likeness (QED) is 0.719. The van der Waals surface area contributed by atoms with E-state index in [1.165, 1.54) is 10.6 Å². The molecule has 156 valence electrons. The van der Waals surface area contributed by atoms with Gasteiger partial charge >= 0.3 is 0 Å². The van der Waals surface area contributed by atoms with E-state index in [-0.39, 0.29) is 18.2 Å². The van der Waals surface area contributed by atoms with E-state index in [4.69, 9.17) is 23.2 Å². The molecular weight excluding hydrogens is 423 g/mol. The molecule has 4 rings (SSSR count). The van der Waals surface area contributed by atoms with E-state index >= 15 is 0 Å². The molecule has 6 nitrogen and oxygen atoms in total. The molecule has 0 bridgehead atoms. The first-order chi connectivity index (χ1) is 14.5. The van der Waals surface area contributed by atoms with Crippen molar-refractivity contribution in [1.82, 2.24) is 9.80 Å². The summed E-state index contributed by atoms with van der Waals surface area (Å²) in [6.45, 7) is 3.70. The van der Waals surface area contributed by atoms with Crippen molar-refractivity contribution in [3.63, 3.8) is 0 Å². The van der Waals surface area contributed by atoms with Gasteiger partial charge in [0.15, 0.2) is 0 Å². The van der Waals surface area contributed by atoms with Gasteiger partial charge in [0.25, 0.3) is 5.91 Å². The fraction of sp³-hybridized carbons (Fsp3) is 0.318. The molecule has 0 saturated carbocycles. The second-order valence-corrected chi connectivity index (χ2v) is 8.30. The van der Waals surface area contributed by atoms with Crippen molar-refractivity contribution in [3.8, 4) is 0 Å². The predicted molar refractivity (Wildman–Crippen MR) is 119 cm³/mol. The van der Waals surface area contributed by atoms with Crippen LogP contribution in [0.1, 0.15) is 18.4 Å². The number of benzene rings is 2. The molecule has 30 heavy (non-hydrogen) atoms. The Labute approximate surface area is 185 Å². The average Bonchev–Trinajstić information content (AvgIpc) is 2.76. The van der Waals surface area contributed by atoms with Crippen LogP contribution in [0.5, 0.6) is 0 Å². The maximum Gasteiger partial charge on any atom is 0.270 e. The minimum atomic E-state index is -0.123. The van der Waals surface area contributed by atoms with Crippen LogP contribution in [0.2, 0.25) is 10.0 Å². The van der Waals surface area contributed by atoms with Crippen molar-refractivity contribution in [2.45, 2.75) is 19.4 Å². The Balaban J connectivity index is 1.38. The van der Waals surface area contributed by atoms with E-state index in [1.54, 1.807) is 24.3 Å². The largest absolute Gasteiger partial charge is 0.335 e. The summed E-state index contributed by atoms with van der Waals surface area (Å²) in [5.74, 6) is -0.214. The fourth-order valence-corrected chi connectivity index (χ4v) is 3.88. The standard InChI is InChI=1S/C22H22Cl2N4O2/c23-17-3-1-16(2-4-17)15-26-11-13-27(14-12-26)22(30)20-9-10-21(29)28(25-20)19-7-5-18(24)6-8-19/h1-8H,9-15H2. The van der Waals surface area contributed by atoms with Crippen molar-refractivity contribution in [2.75, 3.05) is 31.2 Å². The number of piperazine rings is 1. The van der Waals surface area contributed by atoms with Crippen LogP contribution in [0.3, 0.4) is 0 Å². The van der Waals surface area contributed by atoms with Crippen LogP contribution in [0, 0.1) is 0 Å². The first-order valence-corrected chi connectivity index (χ1v) is 10.7. The summed E-state index contributed by atoms with van der Waals surface area (Å²) in [6.07, 6.45) is 0.635. The molecule has 8 heteroatoms. The van der Waals surface area contributed by atoms with Crippen LogP contribution in [0.25, 0.3) is 0 Å². The van der Waals surface area contributed by atoms with E-state index in [9.17, 15) is 9.59 Å². The van der Waals surface area contributed by atoms with E-state index in [0.717, 1.165) is 24.7 Å². The van der Waals surface area contributed by atoms with Crippen LogP contribution >= 0.6 is 23.2 Å². The molecular formula is C22H22Cl2N4O2. The van der Waals surface area contributed by atoms with Crippen LogP contribution in [0.15, 0.2) is 53.6 Å². The highest BCUT2D eigenvalue weighted by Crippen LogP contribution is 2.23. The van der Waals surface area contributed by atoms with Gasteiger partial charge in [-0.3, -0.25) is 14.5 Å². The molecule has 2 aliphatic heterocycles. The molecule has 0 N–H and O–H groups in total. The summed E-state index contributed by atoms with van der Waals surface area (Å²) in [4.78, 5) is 29.4. The van der Waals surface area contributed by atoms with E-state index in [1.807, 2.05) is 29.2 Å². The number of hydrazone groups is 1. The molecule has 2 heterocycles. The van der Waals surface area contributed by atoms with Gasteiger partial charge in [-0.15, -0.1) is 0 Å². The Hall–Kier alpha value is -2.41. The van der Waals surface area contributed by atoms with Crippen molar-refractivity contribution >= 4 is 46.4 Å². The highest BCUT2D eigenvalue weighted by molar-refractivity contribution is 6.40. The van der Waals surface area contributed by atoms with Gasteiger partial charge in [0.2, 0.25) is 5.91 Å². The van der Waals surface area contributed by atoms with E-state index in [2.05, 4.69) is 10.0 Å². The molecule has 2 aromatic rings. The molecule has 0 spiro atoms. The summed E-state index contributed by atoms with van der Waals surface area (Å²) < 4.78 is 0. The lowest BCUT2D eigenvalue weighted by atomic mass is 10.1. The topological polar surface area (TPSA) is 56.2 Å². The third kappa shape index (κ3) is 4.83. The molecule has 2 amide bonds. The predicted octanol–water partition coefficient (Wildman–Crippen LogP) is 3.82. The molecule has 0 aromatic heterocycles. The Morgan fingerprint density at radius 2 is 1.47 bits per heavy atom. The van der Waals surface area contributed by atoms with Gasteiger partial charge in [0, 0.05) is 55.6 Å². The zero-order valence-electron chi connectivity index (χ0n) is 16.4. The maximum absolute atomic E-state index is 13.0. The van der Waals surface area contributed by atoms with Crippen LogP contribution in [0.4, 0.5) is 5.69 Å². The first-order valence-electron chi connectivity index (χ1n) is 9.92. The number of halogens is 2. The van der Waals surface area contributed by atoms with Crippen molar-refractivity contribution < 1.29 is 9.59 Å². The van der Waals surface area contributed by atoms with E-state index in [0.29, 0.717) is 35.9 Å². The van der Waals surface area contributed by atoms with Gasteiger partial charge in [0.1, 0.15) is 5.71 Å². The van der Waals surface area contributed by atoms with Crippen LogP contribution in [-0.2, 0) is 16.1 Å². The van der Waals surface area contributed by atoms with Crippen molar-refractivity contribution in [3.05, 3.63) is 64.1 Å². The van der Waals surface area contributed by atoms with Gasteiger partial charge in [-0.25, -0.2) is 5.01 Å². The lowest BCUT2D eigenvalue weighted by Gasteiger charge is -2.35. The van der Waals surface area contributed by atoms with Crippen molar-refractivity contribution in [2.24, 2.45) is 5.10 Å². The van der Waals surface area contributed by atoms with Crippen LogP contribution < -0.4 is 5.01 Å². The van der Waals surface area contributed by atoms with Gasteiger partial charge < -0.3 is 4.90 Å². The molecule has 1 fully saturated rings. The number of carbonyl (C=O) groups excluding carboxylic acids is 2. The zero-order valence-corrected chi connectivity index (χ0v) is 17.9. The monoisotopic (exact) mass is 444 g/mol. The number of nitrogens with zero attached hydrogens (tertiary/aromatic N) is 4. The Morgan fingerprint density at radius 1 is 0.867 bits per heavy atom. The minimum absolute atomic E-state index is 0.0902. The molecule has 0 radical (unpaired) electrons. The second kappa shape index (κ2) is 9.16. The van der Waals surface area contributed by atoms with Gasteiger partial charge in [0.05, 0.1) is 5.69 Å². The molecule has 0 unspecified atom stereocenters. The lowest BCUT2D eigenvalue weighted by Crippen LogP contribution is -2.51. The van der Waals surface area contributed by atoms with E-state index < -0.39 is 0 Å². The van der Waals surface area contributed by atoms with Gasteiger partial charge in [-0.05, 0) is 42.0 Å². The second-order valence-electron chi connectivity index (χ2n) is 7.42. The smallest absolute Gasteiger partial charge is 0.270 e. The molecule has 2 aromatic carbocycles. The first kappa shape index (κ1) is 20.8. The van der Waals surface area contributed by atoms with Gasteiger partial charge in [-0.2, -0.15) is 5.10 Å². The number of anilines is 1. The number of hydrogen-bond donors (Lipinski definition) is 0. The summed E-state index contributed by atoms with van der Waals surface area (Å²) in [5.41, 5.74) is 2.24. The fourth-order valence-electron chi connectivity index (χ4n) is 3.63. The minimum Gasteiger partial charge on any atom is -0.335 e. The Kier molecular flexibility index (Phi) is 6.37. The molecule has 0 aliphatic carbocycles. The number of hydrogen-bond acceptors (Lipinski definition) is 4. The molecule has 1 saturated heterocycles. The Bertz CT molecular complexity index is 952. The summed E-state index contributed by atoms with van der Waals surface area (Å²) >= 11 is 11.9. The van der Waals surface area contributed by atoms with Gasteiger partial charge in [-0.1, -0.05) is 35.3 Å². The lowest BCUT2D eigenvalue weighted by molar-refractivity contribution is -0.126. The SMILES string of the molecule is O=C(C1=NN(c2ccc(Cl)cc2)C(=O)CC1)N1CCN(Cc2ccc(Cl)cc2)CC1. The third-order valence-electron chi connectivity index (χ3n) is 5.33. The number of carbonyl (C=O) groups is 2. The summed E-state index contributed by atoms with van der Waals surface area (Å²) in [7, 11) is 0. The third-order valence-corrected chi connectivity index (χ3v) is 5.83. The summed E-state index contributed by atoms with van der Waals surface area (Å²) in [6, 6.07) is 14.7. The highest BCUT2D eigenvalue weighted by Gasteiger charge is 2.30. The zero-order chi connectivity index (χ0) is 21.1. The molecule has 2 aliphatic rings. The normalized spacial score (nSPS) is 17.8. The van der Waals surface area contributed by atoms with Crippen molar-refractivity contribution in [1.29, 1.82) is 0 Å². The number of amides is 2. The summed E-state index contributed by atoms with van der Waals surface area (Å²) in [5, 5.41) is 7.00. The number of rotatable bonds is 4. The average molecular weight is 445 g/mol. The molecule has 0 atom stereocenters. The maximum atomic E-state index is 13.0. The highest BCUT2D eigenvalue weighted by atomic mass is 35.5. The Morgan fingerprint density at radius 3 is 2.10 bits per heavy atom.